The number of amides is 1. The molecule has 0 aliphatic heterocycles. The van der Waals surface area contributed by atoms with Crippen molar-refractivity contribution in [2.45, 2.75) is 39.3 Å². The van der Waals surface area contributed by atoms with Gasteiger partial charge in [0.1, 0.15) is 0 Å². The van der Waals surface area contributed by atoms with Crippen LogP contribution < -0.4 is 11.1 Å². The Morgan fingerprint density at radius 1 is 1.04 bits per heavy atom. The number of benzene rings is 2. The van der Waals surface area contributed by atoms with Gasteiger partial charge < -0.3 is 11.1 Å². The lowest BCUT2D eigenvalue weighted by Gasteiger charge is -2.23. The lowest BCUT2D eigenvalue weighted by atomic mass is 9.94. The maximum Gasteiger partial charge on any atom is 0.224 e. The molecule has 0 aromatic heterocycles. The molecule has 24 heavy (non-hydrogen) atoms. The minimum absolute atomic E-state index is 0. The average molecular weight is 347 g/mol. The van der Waals surface area contributed by atoms with Gasteiger partial charge in [0.2, 0.25) is 5.91 Å². The molecule has 3 nitrogen and oxygen atoms in total. The normalized spacial score (nSPS) is 14.2. The summed E-state index contributed by atoms with van der Waals surface area (Å²) in [5, 5.41) is 3.09. The average Bonchev–Trinajstić information content (AvgIpc) is 2.56. The Morgan fingerprint density at radius 2 is 1.62 bits per heavy atom. The number of carbonyl (C=O) groups is 1. The summed E-state index contributed by atoms with van der Waals surface area (Å²) < 4.78 is 0. The summed E-state index contributed by atoms with van der Waals surface area (Å²) in [6, 6.07) is 17.8. The van der Waals surface area contributed by atoms with Crippen LogP contribution >= 0.6 is 12.4 Å². The molecular weight excluding hydrogens is 320 g/mol. The quantitative estimate of drug-likeness (QED) is 0.835. The molecule has 3 unspecified atom stereocenters. The second kappa shape index (κ2) is 9.45. The van der Waals surface area contributed by atoms with Gasteiger partial charge >= 0.3 is 0 Å². The van der Waals surface area contributed by atoms with E-state index in [9.17, 15) is 4.79 Å². The van der Waals surface area contributed by atoms with Gasteiger partial charge in [0.25, 0.3) is 0 Å². The van der Waals surface area contributed by atoms with Crippen LogP contribution in [0.3, 0.4) is 0 Å². The van der Waals surface area contributed by atoms with E-state index in [1.54, 1.807) is 0 Å². The number of hydrogen-bond donors (Lipinski definition) is 2. The second-order valence-electron chi connectivity index (χ2n) is 6.27. The number of rotatable bonds is 6. The number of nitrogens with one attached hydrogen (secondary N) is 1. The molecule has 4 heteroatoms. The highest BCUT2D eigenvalue weighted by Gasteiger charge is 2.23. The van der Waals surface area contributed by atoms with Gasteiger partial charge in [-0.15, -0.1) is 12.4 Å². The van der Waals surface area contributed by atoms with Gasteiger partial charge in [0.15, 0.2) is 0 Å². The van der Waals surface area contributed by atoms with E-state index >= 15 is 0 Å². The highest BCUT2D eigenvalue weighted by atomic mass is 35.5. The first-order valence-electron chi connectivity index (χ1n) is 8.14. The van der Waals surface area contributed by atoms with E-state index in [2.05, 4.69) is 24.4 Å². The zero-order chi connectivity index (χ0) is 16.8. The molecule has 2 aromatic carbocycles. The van der Waals surface area contributed by atoms with Crippen molar-refractivity contribution in [3.8, 4) is 0 Å². The Kier molecular flexibility index (Phi) is 7.96. The van der Waals surface area contributed by atoms with Crippen molar-refractivity contribution < 1.29 is 4.79 Å². The van der Waals surface area contributed by atoms with Crippen LogP contribution in [0.5, 0.6) is 0 Å². The second-order valence-corrected chi connectivity index (χ2v) is 6.27. The van der Waals surface area contributed by atoms with Crippen molar-refractivity contribution in [2.75, 3.05) is 0 Å². The van der Waals surface area contributed by atoms with Gasteiger partial charge in [0, 0.05) is 12.1 Å². The summed E-state index contributed by atoms with van der Waals surface area (Å²) in [5.41, 5.74) is 9.74. The summed E-state index contributed by atoms with van der Waals surface area (Å²) >= 11 is 0. The van der Waals surface area contributed by atoms with Crippen molar-refractivity contribution in [2.24, 2.45) is 11.7 Å². The van der Waals surface area contributed by atoms with Crippen LogP contribution in [0.4, 0.5) is 0 Å². The van der Waals surface area contributed by atoms with Crippen molar-refractivity contribution >= 4 is 18.3 Å². The first-order valence-corrected chi connectivity index (χ1v) is 8.14. The number of halogens is 1. The Bertz CT molecular complexity index is 645. The highest BCUT2D eigenvalue weighted by Crippen LogP contribution is 2.19. The smallest absolute Gasteiger partial charge is 0.224 e. The molecule has 0 aliphatic carbocycles. The van der Waals surface area contributed by atoms with Crippen LogP contribution in [0.15, 0.2) is 54.6 Å². The molecule has 3 N–H and O–H groups in total. The maximum atomic E-state index is 12.5. The van der Waals surface area contributed by atoms with Gasteiger partial charge in [-0.3, -0.25) is 4.79 Å². The Labute approximate surface area is 151 Å². The third-order valence-electron chi connectivity index (χ3n) is 4.31. The minimum atomic E-state index is -0.290. The van der Waals surface area contributed by atoms with Crippen molar-refractivity contribution in [3.05, 3.63) is 71.3 Å². The molecule has 2 rings (SSSR count). The number of nitrogens with two attached hydrogens (primary N) is 1. The number of hydrogen-bond acceptors (Lipinski definition) is 2. The standard InChI is InChI=1S/C20H26N2O.ClH/c1-14-9-7-8-12-18(14)13-15(2)22-20(23)16(3)19(21)17-10-5-4-6-11-17;/h4-12,15-16,19H,13,21H2,1-3H3,(H,22,23);1H. The Balaban J connectivity index is 0.00000288. The van der Waals surface area contributed by atoms with Gasteiger partial charge in [-0.1, -0.05) is 61.5 Å². The molecule has 1 amide bonds. The monoisotopic (exact) mass is 346 g/mol. The van der Waals surface area contributed by atoms with E-state index in [1.807, 2.05) is 56.3 Å². The Morgan fingerprint density at radius 3 is 2.25 bits per heavy atom. The lowest BCUT2D eigenvalue weighted by molar-refractivity contribution is -0.125. The summed E-state index contributed by atoms with van der Waals surface area (Å²) in [7, 11) is 0. The van der Waals surface area contributed by atoms with E-state index in [-0.39, 0.29) is 36.3 Å². The molecule has 0 fully saturated rings. The van der Waals surface area contributed by atoms with E-state index in [4.69, 9.17) is 5.73 Å². The van der Waals surface area contributed by atoms with E-state index in [0.29, 0.717) is 0 Å². The fourth-order valence-electron chi connectivity index (χ4n) is 2.72. The molecule has 0 saturated carbocycles. The van der Waals surface area contributed by atoms with Crippen LogP contribution in [-0.2, 0) is 11.2 Å². The van der Waals surface area contributed by atoms with Crippen LogP contribution in [-0.4, -0.2) is 11.9 Å². The molecular formula is C20H27ClN2O. The number of carbonyl (C=O) groups excluding carboxylic acids is 1. The molecule has 0 bridgehead atoms. The van der Waals surface area contributed by atoms with Crippen molar-refractivity contribution in [1.29, 1.82) is 0 Å². The molecule has 0 radical (unpaired) electrons. The first-order chi connectivity index (χ1) is 11.0. The summed E-state index contributed by atoms with van der Waals surface area (Å²) in [4.78, 5) is 12.5. The van der Waals surface area contributed by atoms with Gasteiger partial charge in [0.05, 0.1) is 5.92 Å². The fraction of sp³-hybridized carbons (Fsp3) is 0.350. The molecule has 0 spiro atoms. The molecule has 130 valence electrons. The van der Waals surface area contributed by atoms with Crippen LogP contribution in [0.25, 0.3) is 0 Å². The minimum Gasteiger partial charge on any atom is -0.353 e. The first kappa shape index (κ1) is 20.2. The van der Waals surface area contributed by atoms with Crippen molar-refractivity contribution in [1.82, 2.24) is 5.32 Å². The lowest BCUT2D eigenvalue weighted by Crippen LogP contribution is -2.41. The molecule has 3 atom stereocenters. The van der Waals surface area contributed by atoms with Crippen molar-refractivity contribution in [3.63, 3.8) is 0 Å². The van der Waals surface area contributed by atoms with Gasteiger partial charge in [-0.05, 0) is 37.0 Å². The van der Waals surface area contributed by atoms with Crippen LogP contribution in [0.2, 0.25) is 0 Å². The van der Waals surface area contributed by atoms with Gasteiger partial charge in [-0.2, -0.15) is 0 Å². The highest BCUT2D eigenvalue weighted by molar-refractivity contribution is 5.85. The summed E-state index contributed by atoms with van der Waals surface area (Å²) in [6.45, 7) is 6.01. The zero-order valence-electron chi connectivity index (χ0n) is 14.5. The predicted octanol–water partition coefficient (Wildman–Crippen LogP) is 3.80. The topological polar surface area (TPSA) is 55.1 Å². The third kappa shape index (κ3) is 5.36. The Hall–Kier alpha value is -1.84. The summed E-state index contributed by atoms with van der Waals surface area (Å²) in [5.74, 6) is -0.265. The van der Waals surface area contributed by atoms with E-state index in [1.165, 1.54) is 11.1 Å². The maximum absolute atomic E-state index is 12.5. The van der Waals surface area contributed by atoms with Gasteiger partial charge in [-0.25, -0.2) is 0 Å². The SMILES string of the molecule is Cc1ccccc1CC(C)NC(=O)C(C)C(N)c1ccccc1.Cl. The van der Waals surface area contributed by atoms with Crippen LogP contribution in [0.1, 0.15) is 36.6 Å². The molecule has 0 saturated heterocycles. The predicted molar refractivity (Wildman–Crippen MR) is 102 cm³/mol. The molecule has 2 aromatic rings. The van der Waals surface area contributed by atoms with E-state index in [0.717, 1.165) is 12.0 Å². The number of aryl methyl sites for hydroxylation is 1. The fourth-order valence-corrected chi connectivity index (χ4v) is 2.72. The van der Waals surface area contributed by atoms with E-state index < -0.39 is 0 Å². The third-order valence-corrected chi connectivity index (χ3v) is 4.31. The van der Waals surface area contributed by atoms with Crippen LogP contribution in [0, 0.1) is 12.8 Å². The summed E-state index contributed by atoms with van der Waals surface area (Å²) in [6.07, 6.45) is 0.825. The molecule has 0 aliphatic rings. The largest absolute Gasteiger partial charge is 0.353 e. The molecule has 0 heterocycles. The zero-order valence-corrected chi connectivity index (χ0v) is 15.3.